The second kappa shape index (κ2) is 10.3. The number of fused-ring (bicyclic) bond motifs is 7. The van der Waals surface area contributed by atoms with Gasteiger partial charge in [-0.2, -0.15) is 0 Å². The standard InChI is InChI=1S/C46H31N/c1-2-13-31-27-44-42(26-30(31)12-1)37-24-23-34(28-43(37)47-44)46-40-20-7-5-18-38(40)45(39-19-6-8-21-41(39)46)33-16-9-15-32(25-33)36-22-10-14-29-11-3-4-17-35(29)36/h1-28,38,45,47H. The molecule has 220 valence electrons. The molecule has 10 rings (SSSR count). The second-order valence-electron chi connectivity index (χ2n) is 12.9. The molecule has 47 heavy (non-hydrogen) atoms. The van der Waals surface area contributed by atoms with Crippen molar-refractivity contribution in [2.24, 2.45) is 5.92 Å². The van der Waals surface area contributed by atoms with Gasteiger partial charge in [0.2, 0.25) is 0 Å². The van der Waals surface area contributed by atoms with Crippen molar-refractivity contribution in [2.45, 2.75) is 5.92 Å². The lowest BCUT2D eigenvalue weighted by molar-refractivity contribution is 0.649. The van der Waals surface area contributed by atoms with Crippen molar-refractivity contribution in [2.75, 3.05) is 0 Å². The van der Waals surface area contributed by atoms with E-state index >= 15 is 0 Å². The lowest BCUT2D eigenvalue weighted by atomic mass is 9.66. The molecule has 2 aliphatic carbocycles. The summed E-state index contributed by atoms with van der Waals surface area (Å²) < 4.78 is 0. The number of hydrogen-bond donors (Lipinski definition) is 1. The van der Waals surface area contributed by atoms with Crippen LogP contribution in [-0.2, 0) is 0 Å². The first-order valence-corrected chi connectivity index (χ1v) is 16.5. The summed E-state index contributed by atoms with van der Waals surface area (Å²) in [7, 11) is 0. The first kappa shape index (κ1) is 26.3. The van der Waals surface area contributed by atoms with E-state index in [9.17, 15) is 0 Å². The number of hydrogen-bond acceptors (Lipinski definition) is 0. The van der Waals surface area contributed by atoms with Crippen molar-refractivity contribution >= 4 is 48.9 Å². The molecular formula is C46H31N. The summed E-state index contributed by atoms with van der Waals surface area (Å²) in [5.41, 5.74) is 12.9. The van der Waals surface area contributed by atoms with Gasteiger partial charge in [-0.05, 0) is 84.3 Å². The average molecular weight is 598 g/mol. The summed E-state index contributed by atoms with van der Waals surface area (Å²) in [6.45, 7) is 0. The largest absolute Gasteiger partial charge is 0.354 e. The first-order chi connectivity index (χ1) is 23.3. The number of aromatic amines is 1. The number of benzene rings is 7. The van der Waals surface area contributed by atoms with Crippen LogP contribution in [0, 0.1) is 5.92 Å². The molecule has 1 nitrogen and oxygen atoms in total. The monoisotopic (exact) mass is 597 g/mol. The molecule has 0 spiro atoms. The van der Waals surface area contributed by atoms with Crippen LogP contribution in [0.5, 0.6) is 0 Å². The van der Waals surface area contributed by atoms with Crippen LogP contribution >= 0.6 is 0 Å². The van der Waals surface area contributed by atoms with Gasteiger partial charge in [-0.25, -0.2) is 0 Å². The van der Waals surface area contributed by atoms with E-state index in [1.165, 1.54) is 87.9 Å². The zero-order valence-corrected chi connectivity index (χ0v) is 25.8. The van der Waals surface area contributed by atoms with E-state index in [-0.39, 0.29) is 11.8 Å². The van der Waals surface area contributed by atoms with Crippen LogP contribution < -0.4 is 0 Å². The molecule has 0 saturated carbocycles. The van der Waals surface area contributed by atoms with Crippen LogP contribution in [0.15, 0.2) is 175 Å². The number of H-pyrrole nitrogens is 1. The maximum Gasteiger partial charge on any atom is 0.0471 e. The topological polar surface area (TPSA) is 15.8 Å². The van der Waals surface area contributed by atoms with Gasteiger partial charge in [-0.1, -0.05) is 152 Å². The highest BCUT2D eigenvalue weighted by atomic mass is 14.7. The van der Waals surface area contributed by atoms with Gasteiger partial charge in [0.05, 0.1) is 0 Å². The van der Waals surface area contributed by atoms with Crippen molar-refractivity contribution in [1.29, 1.82) is 0 Å². The molecule has 0 fully saturated rings. The normalized spacial score (nSPS) is 17.1. The highest BCUT2D eigenvalue weighted by molar-refractivity contribution is 6.12. The zero-order chi connectivity index (χ0) is 30.9. The van der Waals surface area contributed by atoms with Gasteiger partial charge in [-0.3, -0.25) is 0 Å². The van der Waals surface area contributed by atoms with E-state index in [0.29, 0.717) is 0 Å². The number of nitrogens with one attached hydrogen (secondary N) is 1. The maximum atomic E-state index is 3.76. The minimum atomic E-state index is 0.213. The van der Waals surface area contributed by atoms with Crippen molar-refractivity contribution in [3.05, 3.63) is 198 Å². The number of aromatic nitrogens is 1. The third-order valence-corrected chi connectivity index (χ3v) is 10.4. The highest BCUT2D eigenvalue weighted by Gasteiger charge is 2.35. The summed E-state index contributed by atoms with van der Waals surface area (Å²) in [6, 6.07) is 53.9. The molecule has 7 aromatic carbocycles. The number of rotatable bonds is 3. The Balaban J connectivity index is 1.14. The van der Waals surface area contributed by atoms with E-state index in [2.05, 4.69) is 175 Å². The minimum Gasteiger partial charge on any atom is -0.354 e. The first-order valence-electron chi connectivity index (χ1n) is 16.5. The molecular weight excluding hydrogens is 567 g/mol. The highest BCUT2D eigenvalue weighted by Crippen LogP contribution is 2.51. The van der Waals surface area contributed by atoms with Gasteiger partial charge < -0.3 is 4.98 Å². The second-order valence-corrected chi connectivity index (χ2v) is 12.9. The SMILES string of the molecule is C1=CC2=C(c3ccc4c(c3)[nH]c3cc5ccccc5cc34)c3ccccc3C(c3cccc(-c4cccc5ccccc45)c3)C2C=C1. The van der Waals surface area contributed by atoms with Crippen LogP contribution in [0.3, 0.4) is 0 Å². The molecule has 0 saturated heterocycles. The summed E-state index contributed by atoms with van der Waals surface area (Å²) >= 11 is 0. The zero-order valence-electron chi connectivity index (χ0n) is 25.8. The maximum absolute atomic E-state index is 3.76. The molecule has 0 aliphatic heterocycles. The molecule has 0 amide bonds. The fraction of sp³-hybridized carbons (Fsp3) is 0.0435. The predicted molar refractivity (Wildman–Crippen MR) is 199 cm³/mol. The van der Waals surface area contributed by atoms with Crippen LogP contribution in [-0.4, -0.2) is 4.98 Å². The van der Waals surface area contributed by atoms with Crippen molar-refractivity contribution in [3.8, 4) is 11.1 Å². The molecule has 0 bridgehead atoms. The molecule has 2 aliphatic rings. The van der Waals surface area contributed by atoms with E-state index < -0.39 is 0 Å². The predicted octanol–water partition coefficient (Wildman–Crippen LogP) is 12.0. The Kier molecular flexibility index (Phi) is 5.77. The Morgan fingerprint density at radius 3 is 2.15 bits per heavy atom. The van der Waals surface area contributed by atoms with E-state index in [1.807, 2.05) is 0 Å². The van der Waals surface area contributed by atoms with Crippen molar-refractivity contribution in [3.63, 3.8) is 0 Å². The minimum absolute atomic E-state index is 0.213. The lowest BCUT2D eigenvalue weighted by Gasteiger charge is -2.37. The van der Waals surface area contributed by atoms with E-state index in [0.717, 1.165) is 0 Å². The molecule has 0 radical (unpaired) electrons. The summed E-state index contributed by atoms with van der Waals surface area (Å²) in [5, 5.41) is 7.64. The summed E-state index contributed by atoms with van der Waals surface area (Å²) in [4.78, 5) is 3.76. The third kappa shape index (κ3) is 4.10. The quantitative estimate of drug-likeness (QED) is 0.209. The Hall–Kier alpha value is -5.92. The van der Waals surface area contributed by atoms with Gasteiger partial charge in [0.25, 0.3) is 0 Å². The Morgan fingerprint density at radius 1 is 0.468 bits per heavy atom. The van der Waals surface area contributed by atoms with Gasteiger partial charge in [0.15, 0.2) is 0 Å². The lowest BCUT2D eigenvalue weighted by Crippen LogP contribution is -2.22. The van der Waals surface area contributed by atoms with Gasteiger partial charge >= 0.3 is 0 Å². The summed E-state index contributed by atoms with van der Waals surface area (Å²) in [6.07, 6.45) is 9.19. The molecule has 1 heterocycles. The fourth-order valence-electron chi connectivity index (χ4n) is 8.28. The Morgan fingerprint density at radius 2 is 1.21 bits per heavy atom. The van der Waals surface area contributed by atoms with Gasteiger partial charge in [0.1, 0.15) is 0 Å². The van der Waals surface area contributed by atoms with Crippen molar-refractivity contribution < 1.29 is 0 Å². The molecule has 1 aromatic heterocycles. The van der Waals surface area contributed by atoms with Crippen LogP contribution in [0.4, 0.5) is 0 Å². The van der Waals surface area contributed by atoms with Crippen LogP contribution in [0.25, 0.3) is 60.1 Å². The fourth-order valence-corrected chi connectivity index (χ4v) is 8.28. The third-order valence-electron chi connectivity index (χ3n) is 10.4. The molecule has 1 heteroatoms. The average Bonchev–Trinajstić information content (AvgIpc) is 3.49. The molecule has 2 atom stereocenters. The Labute approximate surface area is 273 Å². The van der Waals surface area contributed by atoms with E-state index in [1.54, 1.807) is 0 Å². The molecule has 8 aromatic rings. The summed E-state index contributed by atoms with van der Waals surface area (Å²) in [5.74, 6) is 0.446. The van der Waals surface area contributed by atoms with Crippen LogP contribution in [0.2, 0.25) is 0 Å². The Bertz CT molecular complexity index is 2640. The van der Waals surface area contributed by atoms with Gasteiger partial charge in [0, 0.05) is 33.6 Å². The van der Waals surface area contributed by atoms with Crippen molar-refractivity contribution in [1.82, 2.24) is 4.98 Å². The van der Waals surface area contributed by atoms with E-state index in [4.69, 9.17) is 0 Å². The number of allylic oxidation sites excluding steroid dienone is 5. The molecule has 2 unspecified atom stereocenters. The van der Waals surface area contributed by atoms with Gasteiger partial charge in [-0.15, -0.1) is 0 Å². The van der Waals surface area contributed by atoms with Crippen LogP contribution in [0.1, 0.15) is 28.2 Å². The smallest absolute Gasteiger partial charge is 0.0471 e. The molecule has 1 N–H and O–H groups in total.